The second kappa shape index (κ2) is 1.84. The molecular weight excluding hydrogens is 302 g/mol. The van der Waals surface area contributed by atoms with Crippen LogP contribution in [0.4, 0.5) is 0 Å². The van der Waals surface area contributed by atoms with Crippen LogP contribution < -0.4 is 5.32 Å². The first-order chi connectivity index (χ1) is 12.4. The summed E-state index contributed by atoms with van der Waals surface area (Å²) in [5.74, 6) is 16.5. The van der Waals surface area contributed by atoms with Gasteiger partial charge in [0, 0.05) is 17.0 Å². The van der Waals surface area contributed by atoms with Gasteiger partial charge in [0.1, 0.15) is 0 Å². The summed E-state index contributed by atoms with van der Waals surface area (Å²) in [5.41, 5.74) is 5.81. The van der Waals surface area contributed by atoms with Gasteiger partial charge < -0.3 is 5.32 Å². The van der Waals surface area contributed by atoms with Crippen LogP contribution in [0.25, 0.3) is 0 Å². The molecule has 0 radical (unpaired) electrons. The van der Waals surface area contributed by atoms with Crippen LogP contribution in [0, 0.1) is 104 Å². The molecule has 1 N–H and O–H groups in total. The molecule has 6 spiro atoms. The van der Waals surface area contributed by atoms with Gasteiger partial charge in [0.2, 0.25) is 0 Å². The van der Waals surface area contributed by atoms with Gasteiger partial charge in [-0.05, 0) is 124 Å². The summed E-state index contributed by atoms with van der Waals surface area (Å²) in [6.45, 7) is 0. The van der Waals surface area contributed by atoms with Gasteiger partial charge >= 0.3 is 0 Å². The second-order valence-electron chi connectivity index (χ2n) is 14.4. The molecule has 25 heavy (non-hydrogen) atoms. The molecular formula is C24H23N. The predicted molar refractivity (Wildman–Crippen MR) is 85.7 cm³/mol. The summed E-state index contributed by atoms with van der Waals surface area (Å²) in [6, 6.07) is 1.05. The Bertz CT molecular complexity index is 1060. The Balaban J connectivity index is 1.15. The summed E-state index contributed by atoms with van der Waals surface area (Å²) < 4.78 is 0. The lowest BCUT2D eigenvalue weighted by Crippen LogP contribution is -3.24. The molecule has 0 amide bonds. The minimum absolute atomic E-state index is 0.796. The van der Waals surface area contributed by atoms with Gasteiger partial charge in [-0.2, -0.15) is 0 Å². The van der Waals surface area contributed by atoms with Crippen LogP contribution in [-0.4, -0.2) is 11.6 Å². The minimum atomic E-state index is 0.796. The highest BCUT2D eigenvalue weighted by Crippen LogP contribution is 3.26. The van der Waals surface area contributed by atoms with Crippen molar-refractivity contribution >= 4 is 0 Å². The van der Waals surface area contributed by atoms with Crippen LogP contribution in [0.3, 0.4) is 0 Å². The van der Waals surface area contributed by atoms with Crippen LogP contribution >= 0.6 is 0 Å². The van der Waals surface area contributed by atoms with E-state index in [2.05, 4.69) is 5.32 Å². The molecule has 2 saturated heterocycles. The lowest BCUT2D eigenvalue weighted by molar-refractivity contribution is -0.783. The maximum Gasteiger partial charge on any atom is 0.0351 e. The van der Waals surface area contributed by atoms with Crippen molar-refractivity contribution in [2.75, 3.05) is 0 Å². The van der Waals surface area contributed by atoms with Crippen molar-refractivity contribution in [3.05, 3.63) is 0 Å². The average Bonchev–Trinajstić information content (AvgIpc) is 2.95. The summed E-state index contributed by atoms with van der Waals surface area (Å²) in [4.78, 5) is 0. The first-order valence-corrected chi connectivity index (χ1v) is 12.1. The van der Waals surface area contributed by atoms with E-state index in [1.165, 1.54) is 76.9 Å². The Kier molecular flexibility index (Phi) is 0.730. The fourth-order valence-corrected chi connectivity index (χ4v) is 19.6. The standard InChI is InChI=1S/C24H23N/c1-5-2-8-12-15-17-18-10-4-6-3-9-13-16-14-11-7(1)19(5,8)21(11,12)22(14,15)23(16,17)24(13,25-18)20(6,9)10/h5-18,25H,1-4H2. The van der Waals surface area contributed by atoms with E-state index in [1.807, 2.05) is 0 Å². The van der Waals surface area contributed by atoms with Crippen LogP contribution in [0.1, 0.15) is 25.7 Å². The fourth-order valence-electron chi connectivity index (χ4n) is 19.6. The predicted octanol–water partition coefficient (Wildman–Crippen LogP) is 2.38. The van der Waals surface area contributed by atoms with Gasteiger partial charge in [0.25, 0.3) is 0 Å². The van der Waals surface area contributed by atoms with E-state index in [9.17, 15) is 0 Å². The second-order valence-corrected chi connectivity index (χ2v) is 14.4. The SMILES string of the molecule is C1C2CC3C4C5C6C7C8CC9CC%10C%11C%12C%13C%14NC4(C23C1%14)C%135C%126C%117C9%108. The molecule has 20 atom stereocenters. The summed E-state index contributed by atoms with van der Waals surface area (Å²) in [7, 11) is 0. The topological polar surface area (TPSA) is 12.0 Å². The largest absolute Gasteiger partial charge is 0.306 e. The van der Waals surface area contributed by atoms with Gasteiger partial charge in [0.05, 0.1) is 0 Å². The zero-order valence-corrected chi connectivity index (χ0v) is 14.4. The van der Waals surface area contributed by atoms with Gasteiger partial charge in [-0.15, -0.1) is 0 Å². The monoisotopic (exact) mass is 325 g/mol. The molecule has 1 nitrogen and oxygen atoms in total. The molecule has 2 aliphatic heterocycles. The van der Waals surface area contributed by atoms with Crippen LogP contribution in [0.5, 0.6) is 0 Å². The highest BCUT2D eigenvalue weighted by atomic mass is 15.4. The van der Waals surface area contributed by atoms with E-state index in [-0.39, 0.29) is 0 Å². The molecule has 124 valence electrons. The first kappa shape index (κ1) is 9.94. The van der Waals surface area contributed by atoms with Crippen molar-refractivity contribution in [1.29, 1.82) is 0 Å². The molecule has 0 aromatic heterocycles. The summed E-state index contributed by atoms with van der Waals surface area (Å²) in [5, 5.41) is 4.57. The van der Waals surface area contributed by atoms with Crippen molar-refractivity contribution in [3.8, 4) is 0 Å². The molecule has 14 rings (SSSR count). The van der Waals surface area contributed by atoms with Crippen molar-refractivity contribution in [2.45, 2.75) is 37.3 Å². The number of hydrogen-bond acceptors (Lipinski definition) is 1. The van der Waals surface area contributed by atoms with Gasteiger partial charge in [-0.3, -0.25) is 0 Å². The van der Waals surface area contributed by atoms with Crippen molar-refractivity contribution < 1.29 is 0 Å². The van der Waals surface area contributed by atoms with E-state index in [1.54, 1.807) is 25.7 Å². The molecule has 12 saturated carbocycles. The number of hydrogen-bond donors (Lipinski definition) is 1. The molecule has 2 heterocycles. The molecule has 0 aromatic carbocycles. The quantitative estimate of drug-likeness (QED) is 0.721. The maximum atomic E-state index is 4.57. The zero-order valence-electron chi connectivity index (χ0n) is 14.4. The average molecular weight is 325 g/mol. The van der Waals surface area contributed by atoms with Crippen molar-refractivity contribution in [1.82, 2.24) is 5.32 Å². The molecule has 1 heteroatoms. The Hall–Kier alpha value is -0.0400. The normalized spacial score (nSPS) is 111. The lowest BCUT2D eigenvalue weighted by Gasteiger charge is -3.25. The molecule has 14 aliphatic rings. The minimum Gasteiger partial charge on any atom is -0.306 e. The number of fused-ring (bicyclic) bond motifs is 11. The molecule has 2 bridgehead atoms. The Morgan fingerprint density at radius 3 is 1.92 bits per heavy atom. The van der Waals surface area contributed by atoms with E-state index < -0.39 is 0 Å². The molecule has 20 unspecified atom stereocenters. The van der Waals surface area contributed by atoms with E-state index in [0.717, 1.165) is 38.7 Å². The van der Waals surface area contributed by atoms with Crippen LogP contribution in [0.2, 0.25) is 0 Å². The smallest absolute Gasteiger partial charge is 0.0351 e. The zero-order chi connectivity index (χ0) is 14.6. The van der Waals surface area contributed by atoms with Gasteiger partial charge in [-0.1, -0.05) is 0 Å². The van der Waals surface area contributed by atoms with Crippen LogP contribution in [-0.2, 0) is 0 Å². The Morgan fingerprint density at radius 1 is 0.520 bits per heavy atom. The number of nitrogens with one attached hydrogen (secondary N) is 1. The Labute approximate surface area is 147 Å². The third-order valence-corrected chi connectivity index (χ3v) is 17.5. The molecule has 12 aliphatic carbocycles. The van der Waals surface area contributed by atoms with Gasteiger partial charge in [-0.25, -0.2) is 0 Å². The van der Waals surface area contributed by atoms with Crippen LogP contribution in [0.15, 0.2) is 0 Å². The van der Waals surface area contributed by atoms with Gasteiger partial charge in [0.15, 0.2) is 0 Å². The molecule has 14 fully saturated rings. The number of rotatable bonds is 0. The summed E-state index contributed by atoms with van der Waals surface area (Å²) in [6.07, 6.45) is 6.77. The summed E-state index contributed by atoms with van der Waals surface area (Å²) >= 11 is 0. The fraction of sp³-hybridized carbons (Fsp3) is 1.00. The third-order valence-electron chi connectivity index (χ3n) is 17.5. The highest BCUT2D eigenvalue weighted by Gasteiger charge is 3.26. The van der Waals surface area contributed by atoms with E-state index in [0.29, 0.717) is 0 Å². The van der Waals surface area contributed by atoms with E-state index >= 15 is 0 Å². The third kappa shape index (κ3) is 0.341. The van der Waals surface area contributed by atoms with E-state index in [4.69, 9.17) is 0 Å². The maximum absolute atomic E-state index is 4.57. The van der Waals surface area contributed by atoms with Crippen molar-refractivity contribution in [3.63, 3.8) is 0 Å². The first-order valence-electron chi connectivity index (χ1n) is 12.1. The van der Waals surface area contributed by atoms with Crippen molar-refractivity contribution in [2.24, 2.45) is 104 Å². The Morgan fingerprint density at radius 2 is 1.16 bits per heavy atom. The molecule has 0 aromatic rings. The highest BCUT2D eigenvalue weighted by molar-refractivity contribution is 5.74. The lowest BCUT2D eigenvalue weighted by atomic mass is 8.78.